The van der Waals surface area contributed by atoms with Gasteiger partial charge in [0.1, 0.15) is 5.75 Å². The Labute approximate surface area is 292 Å². The van der Waals surface area contributed by atoms with Gasteiger partial charge in [-0.05, 0) is 98.7 Å². The Morgan fingerprint density at radius 1 is 1.02 bits per heavy atom. The molecule has 3 aromatic rings. The van der Waals surface area contributed by atoms with Crippen LogP contribution < -0.4 is 16.2 Å². The second-order valence-electron chi connectivity index (χ2n) is 14.8. The van der Waals surface area contributed by atoms with Gasteiger partial charge >= 0.3 is 0 Å². The van der Waals surface area contributed by atoms with Gasteiger partial charge in [-0.3, -0.25) is 14.4 Å². The van der Waals surface area contributed by atoms with Crippen LogP contribution in [0, 0.1) is 6.42 Å². The summed E-state index contributed by atoms with van der Waals surface area (Å²) < 4.78 is 6.90. The summed E-state index contributed by atoms with van der Waals surface area (Å²) in [5, 5.41) is 17.7. The monoisotopic (exact) mass is 690 g/mol. The number of pyridine rings is 1. The predicted octanol–water partition coefficient (Wildman–Crippen LogP) is 6.34. The van der Waals surface area contributed by atoms with E-state index < -0.39 is 8.32 Å². The van der Waals surface area contributed by atoms with E-state index in [1.54, 1.807) is 17.0 Å². The molecule has 1 aromatic heterocycles. The molecule has 1 aliphatic rings. The van der Waals surface area contributed by atoms with Gasteiger partial charge < -0.3 is 34.9 Å². The first-order valence-electron chi connectivity index (χ1n) is 17.6. The van der Waals surface area contributed by atoms with Crippen molar-refractivity contribution in [1.82, 2.24) is 20.1 Å². The lowest BCUT2D eigenvalue weighted by Crippen LogP contribution is -2.43. The first-order chi connectivity index (χ1) is 23.2. The molecule has 0 aliphatic carbocycles. The van der Waals surface area contributed by atoms with Gasteiger partial charge in [-0.15, -0.1) is 0 Å². The van der Waals surface area contributed by atoms with Crippen molar-refractivity contribution in [3.63, 3.8) is 0 Å². The highest BCUT2D eigenvalue weighted by molar-refractivity contribution is 6.74. The third-order valence-electron chi connectivity index (χ3n) is 9.91. The molecule has 1 aliphatic heterocycles. The standard InChI is InChI=1S/C38H56N5O5Si/c1-38(2,3)49(5,6)48-33(30-17-19-32(44)37-31(30)18-20-35(46)41-37)27-39-26-28-13-15-29(16-14-28)40-34(45)12-8-11-22-42(4)36(47)21-25-43-23-9-7-10-24-43/h7,13-20,33,39,44H,8-12,21-27H2,1-6H3,(H,40,45)(H,41,46)/t33-/m0/s1. The number of aromatic nitrogens is 1. The summed E-state index contributed by atoms with van der Waals surface area (Å²) in [7, 11) is -0.332. The van der Waals surface area contributed by atoms with Crippen LogP contribution in [0.4, 0.5) is 5.69 Å². The number of hydrogen-bond acceptors (Lipinski definition) is 7. The highest BCUT2D eigenvalue weighted by atomic mass is 28.4. The minimum absolute atomic E-state index is 0.00641. The topological polar surface area (TPSA) is 127 Å². The van der Waals surface area contributed by atoms with Crippen LogP contribution in [0.1, 0.15) is 76.5 Å². The maximum absolute atomic E-state index is 12.6. The summed E-state index contributed by atoms with van der Waals surface area (Å²) in [4.78, 5) is 44.0. The fraction of sp³-hybridized carbons (Fsp3) is 0.526. The zero-order chi connectivity index (χ0) is 35.6. The molecule has 1 fully saturated rings. The molecule has 0 spiro atoms. The molecule has 11 heteroatoms. The Hall–Kier alpha value is -3.51. The van der Waals surface area contributed by atoms with Gasteiger partial charge in [0.05, 0.1) is 11.6 Å². The number of aromatic amines is 1. The highest BCUT2D eigenvalue weighted by Crippen LogP contribution is 2.41. The van der Waals surface area contributed by atoms with Crippen molar-refractivity contribution in [3.8, 4) is 5.75 Å². The predicted molar refractivity (Wildman–Crippen MR) is 200 cm³/mol. The van der Waals surface area contributed by atoms with Gasteiger partial charge in [0.2, 0.25) is 17.4 Å². The van der Waals surface area contributed by atoms with Crippen LogP contribution in [0.2, 0.25) is 18.1 Å². The Morgan fingerprint density at radius 3 is 2.43 bits per heavy atom. The lowest BCUT2D eigenvalue weighted by Gasteiger charge is -2.39. The molecule has 0 bridgehead atoms. The molecule has 1 atom stereocenters. The second kappa shape index (κ2) is 17.4. The van der Waals surface area contributed by atoms with E-state index in [0.29, 0.717) is 38.0 Å². The number of H-pyrrole nitrogens is 1. The van der Waals surface area contributed by atoms with E-state index in [0.717, 1.165) is 67.5 Å². The van der Waals surface area contributed by atoms with Crippen LogP contribution in [0.5, 0.6) is 5.75 Å². The SMILES string of the molecule is CN(CCCCC(=O)Nc1ccc(CNC[C@H](O[Si](C)(C)C(C)(C)C)c2ccc(O)c3[nH]c(=O)ccc23)cc1)C(=O)CCN1CC[CH]CC1. The van der Waals surface area contributed by atoms with E-state index in [1.165, 1.54) is 6.07 Å². The van der Waals surface area contributed by atoms with Gasteiger partial charge in [0.25, 0.3) is 0 Å². The number of carbonyl (C=O) groups is 2. The van der Waals surface area contributed by atoms with Crippen LogP contribution in [-0.2, 0) is 20.6 Å². The number of aromatic hydroxyl groups is 1. The number of amides is 2. The van der Waals surface area contributed by atoms with Gasteiger partial charge in [0, 0.05) is 63.2 Å². The summed E-state index contributed by atoms with van der Waals surface area (Å²) in [6.45, 7) is 15.7. The summed E-state index contributed by atoms with van der Waals surface area (Å²) in [6, 6.07) is 14.5. The lowest BCUT2D eigenvalue weighted by atomic mass is 10.0. The van der Waals surface area contributed by atoms with Crippen molar-refractivity contribution in [1.29, 1.82) is 0 Å². The molecule has 10 nitrogen and oxygen atoms in total. The Balaban J connectivity index is 1.25. The van der Waals surface area contributed by atoms with Crippen LogP contribution in [0.3, 0.4) is 0 Å². The number of piperidine rings is 1. The van der Waals surface area contributed by atoms with Gasteiger partial charge in [-0.25, -0.2) is 0 Å². The number of rotatable bonds is 16. The zero-order valence-electron chi connectivity index (χ0n) is 30.2. The summed E-state index contributed by atoms with van der Waals surface area (Å²) in [5.74, 6) is 0.160. The first-order valence-corrected chi connectivity index (χ1v) is 20.5. The molecule has 2 aromatic carbocycles. The maximum atomic E-state index is 12.6. The summed E-state index contributed by atoms with van der Waals surface area (Å²) in [6.07, 6.45) is 6.69. The number of benzene rings is 2. The fourth-order valence-corrected chi connectivity index (χ4v) is 7.07. The largest absolute Gasteiger partial charge is 0.506 e. The normalized spacial score (nSPS) is 14.9. The van der Waals surface area contributed by atoms with Crippen molar-refractivity contribution in [3.05, 3.63) is 76.4 Å². The van der Waals surface area contributed by atoms with Gasteiger partial charge in [-0.2, -0.15) is 0 Å². The molecule has 0 saturated carbocycles. The van der Waals surface area contributed by atoms with Crippen LogP contribution in [-0.4, -0.2) is 79.8 Å². The molecule has 2 amide bonds. The average molecular weight is 691 g/mol. The number of phenols is 1. The number of carbonyl (C=O) groups excluding carboxylic acids is 2. The van der Waals surface area contributed by atoms with E-state index >= 15 is 0 Å². The molecule has 1 radical (unpaired) electrons. The Kier molecular flexibility index (Phi) is 13.6. The molecule has 4 rings (SSSR count). The molecule has 1 saturated heterocycles. The minimum atomic E-state index is -2.18. The van der Waals surface area contributed by atoms with E-state index in [-0.39, 0.29) is 34.3 Å². The molecule has 4 N–H and O–H groups in total. The minimum Gasteiger partial charge on any atom is -0.506 e. The van der Waals surface area contributed by atoms with Crippen LogP contribution in [0.25, 0.3) is 10.9 Å². The number of hydrogen-bond donors (Lipinski definition) is 4. The summed E-state index contributed by atoms with van der Waals surface area (Å²) in [5.41, 5.74) is 2.86. The van der Waals surface area contributed by atoms with Crippen molar-refractivity contribution >= 4 is 36.7 Å². The van der Waals surface area contributed by atoms with Crippen LogP contribution >= 0.6 is 0 Å². The number of nitrogens with one attached hydrogen (secondary N) is 3. The average Bonchev–Trinajstić information content (AvgIpc) is 3.06. The zero-order valence-corrected chi connectivity index (χ0v) is 31.2. The number of unbranched alkanes of at least 4 members (excludes halogenated alkanes) is 1. The molecule has 49 heavy (non-hydrogen) atoms. The highest BCUT2D eigenvalue weighted by Gasteiger charge is 2.39. The Bertz CT molecular complexity index is 1590. The third-order valence-corrected chi connectivity index (χ3v) is 14.4. The summed E-state index contributed by atoms with van der Waals surface area (Å²) >= 11 is 0. The van der Waals surface area contributed by atoms with E-state index in [4.69, 9.17) is 4.43 Å². The quantitative estimate of drug-likeness (QED) is 0.102. The van der Waals surface area contributed by atoms with Crippen molar-refractivity contribution in [2.45, 2.75) is 90.1 Å². The molecular formula is C38H56N5O5Si. The Morgan fingerprint density at radius 2 is 1.73 bits per heavy atom. The molecular weight excluding hydrogens is 635 g/mol. The van der Waals surface area contributed by atoms with E-state index in [9.17, 15) is 19.5 Å². The lowest BCUT2D eigenvalue weighted by molar-refractivity contribution is -0.130. The van der Waals surface area contributed by atoms with Crippen molar-refractivity contribution in [2.24, 2.45) is 0 Å². The van der Waals surface area contributed by atoms with Gasteiger partial charge in [0.15, 0.2) is 8.32 Å². The third kappa shape index (κ3) is 11.3. The van der Waals surface area contributed by atoms with Gasteiger partial charge in [-0.1, -0.05) is 39.0 Å². The van der Waals surface area contributed by atoms with Crippen LogP contribution in [0.15, 0.2) is 53.3 Å². The molecule has 2 heterocycles. The smallest absolute Gasteiger partial charge is 0.248 e. The van der Waals surface area contributed by atoms with E-state index in [1.807, 2.05) is 37.4 Å². The number of nitrogens with zero attached hydrogens (tertiary/aromatic N) is 2. The maximum Gasteiger partial charge on any atom is 0.248 e. The molecule has 0 unspecified atom stereocenters. The number of anilines is 1. The number of likely N-dealkylation sites (tertiary alicyclic amines) is 1. The second-order valence-corrected chi connectivity index (χ2v) is 19.5. The van der Waals surface area contributed by atoms with E-state index in [2.05, 4.69) is 60.8 Å². The first kappa shape index (κ1) is 38.3. The van der Waals surface area contributed by atoms with Crippen molar-refractivity contribution in [2.75, 3.05) is 45.1 Å². The number of fused-ring (bicyclic) bond motifs is 1. The molecule has 267 valence electrons. The number of phenolic OH excluding ortho intramolecular Hbond substituents is 1. The van der Waals surface area contributed by atoms with Crippen molar-refractivity contribution < 1.29 is 19.1 Å². The fourth-order valence-electron chi connectivity index (χ4n) is 5.80.